The summed E-state index contributed by atoms with van der Waals surface area (Å²) in [6.45, 7) is 1.04. The molecule has 0 radical (unpaired) electrons. The van der Waals surface area contributed by atoms with Crippen molar-refractivity contribution >= 4 is 11.9 Å². The number of alkyl halides is 3. The van der Waals surface area contributed by atoms with Gasteiger partial charge in [-0.25, -0.2) is 4.79 Å². The molecular weight excluding hydrogens is 253 g/mol. The van der Waals surface area contributed by atoms with Gasteiger partial charge in [-0.2, -0.15) is 13.2 Å². The molecule has 7 heteroatoms. The van der Waals surface area contributed by atoms with E-state index in [0.717, 1.165) is 20.1 Å². The molecule has 98 valence electrons. The Kier molecular flexibility index (Phi) is 3.95. The summed E-state index contributed by atoms with van der Waals surface area (Å²) in [4.78, 5) is 21.9. The number of carbonyl (C=O) groups excluding carboxylic acids is 2. The highest BCUT2D eigenvalue weighted by molar-refractivity contribution is 5.90. The van der Waals surface area contributed by atoms with E-state index in [1.54, 1.807) is 0 Å². The highest BCUT2D eigenvalue weighted by atomic mass is 19.4. The molecule has 0 aromatic heterocycles. The Hall–Kier alpha value is -2.05. The summed E-state index contributed by atoms with van der Waals surface area (Å²) < 4.78 is 46.5. The Morgan fingerprint density at radius 2 is 1.78 bits per heavy atom. The zero-order valence-electron chi connectivity index (χ0n) is 9.50. The molecular formula is C11H9F3O4. The van der Waals surface area contributed by atoms with Crippen LogP contribution in [0.4, 0.5) is 13.2 Å². The van der Waals surface area contributed by atoms with Gasteiger partial charge in [-0.05, 0) is 18.2 Å². The molecule has 0 aliphatic carbocycles. The van der Waals surface area contributed by atoms with Crippen LogP contribution >= 0.6 is 0 Å². The lowest BCUT2D eigenvalue weighted by Crippen LogP contribution is -2.11. The lowest BCUT2D eigenvalue weighted by atomic mass is 10.1. The number of esters is 2. The van der Waals surface area contributed by atoms with Gasteiger partial charge < -0.3 is 9.47 Å². The maximum absolute atomic E-state index is 12.6. The van der Waals surface area contributed by atoms with Crippen LogP contribution in [0.5, 0.6) is 5.75 Å². The SMILES string of the molecule is COC(=O)c1cc(OC(C)=O)cc(C(F)(F)F)c1. The standard InChI is InChI=1S/C11H9F3O4/c1-6(15)18-9-4-7(10(16)17-2)3-8(5-9)11(12,13)14/h3-5H,1-2H3. The van der Waals surface area contributed by atoms with E-state index in [-0.39, 0.29) is 11.3 Å². The van der Waals surface area contributed by atoms with Gasteiger partial charge in [-0.1, -0.05) is 0 Å². The fraction of sp³-hybridized carbons (Fsp3) is 0.273. The fourth-order valence-electron chi connectivity index (χ4n) is 1.22. The number of carbonyl (C=O) groups is 2. The highest BCUT2D eigenvalue weighted by Gasteiger charge is 2.32. The normalized spacial score (nSPS) is 10.9. The minimum Gasteiger partial charge on any atom is -0.465 e. The fourth-order valence-corrected chi connectivity index (χ4v) is 1.22. The summed E-state index contributed by atoms with van der Waals surface area (Å²) in [5, 5.41) is 0. The van der Waals surface area contributed by atoms with Crippen LogP contribution in [0.2, 0.25) is 0 Å². The smallest absolute Gasteiger partial charge is 0.416 e. The van der Waals surface area contributed by atoms with E-state index in [4.69, 9.17) is 0 Å². The van der Waals surface area contributed by atoms with Gasteiger partial charge >= 0.3 is 18.1 Å². The van der Waals surface area contributed by atoms with Gasteiger partial charge in [0.25, 0.3) is 0 Å². The van der Waals surface area contributed by atoms with E-state index in [1.807, 2.05) is 0 Å². The predicted molar refractivity (Wildman–Crippen MR) is 54.1 cm³/mol. The monoisotopic (exact) mass is 262 g/mol. The molecule has 0 atom stereocenters. The molecule has 1 aromatic rings. The second-order valence-electron chi connectivity index (χ2n) is 3.33. The second kappa shape index (κ2) is 5.07. The number of hydrogen-bond donors (Lipinski definition) is 0. The first kappa shape index (κ1) is 14.0. The van der Waals surface area contributed by atoms with E-state index in [9.17, 15) is 22.8 Å². The van der Waals surface area contributed by atoms with Crippen LogP contribution in [0.25, 0.3) is 0 Å². The van der Waals surface area contributed by atoms with Gasteiger partial charge in [0.15, 0.2) is 0 Å². The summed E-state index contributed by atoms with van der Waals surface area (Å²) >= 11 is 0. The van der Waals surface area contributed by atoms with Crippen molar-refractivity contribution in [1.82, 2.24) is 0 Å². The number of rotatable bonds is 2. The lowest BCUT2D eigenvalue weighted by Gasteiger charge is -2.10. The zero-order valence-corrected chi connectivity index (χ0v) is 9.50. The van der Waals surface area contributed by atoms with E-state index in [0.29, 0.717) is 12.1 Å². The average molecular weight is 262 g/mol. The Bertz CT molecular complexity index is 480. The number of benzene rings is 1. The maximum atomic E-state index is 12.6. The van der Waals surface area contributed by atoms with Crippen molar-refractivity contribution < 1.29 is 32.2 Å². The van der Waals surface area contributed by atoms with Crippen LogP contribution in [-0.2, 0) is 15.7 Å². The number of hydrogen-bond acceptors (Lipinski definition) is 4. The first-order chi connectivity index (χ1) is 8.24. The number of methoxy groups -OCH3 is 1. The van der Waals surface area contributed by atoms with Crippen molar-refractivity contribution in [2.75, 3.05) is 7.11 Å². The van der Waals surface area contributed by atoms with Crippen LogP contribution in [0.1, 0.15) is 22.8 Å². The molecule has 1 aromatic carbocycles. The largest absolute Gasteiger partial charge is 0.465 e. The predicted octanol–water partition coefficient (Wildman–Crippen LogP) is 2.42. The molecule has 18 heavy (non-hydrogen) atoms. The molecule has 0 saturated carbocycles. The van der Waals surface area contributed by atoms with Crippen LogP contribution < -0.4 is 4.74 Å². The summed E-state index contributed by atoms with van der Waals surface area (Å²) in [5.41, 5.74) is -1.44. The van der Waals surface area contributed by atoms with Gasteiger partial charge in [-0.15, -0.1) is 0 Å². The Morgan fingerprint density at radius 1 is 1.17 bits per heavy atom. The van der Waals surface area contributed by atoms with Crippen molar-refractivity contribution in [3.05, 3.63) is 29.3 Å². The van der Waals surface area contributed by atoms with Crippen LogP contribution in [0.3, 0.4) is 0 Å². The van der Waals surface area contributed by atoms with Gasteiger partial charge in [0, 0.05) is 6.92 Å². The highest BCUT2D eigenvalue weighted by Crippen LogP contribution is 2.32. The Morgan fingerprint density at radius 3 is 2.22 bits per heavy atom. The molecule has 0 N–H and O–H groups in total. The van der Waals surface area contributed by atoms with Crippen molar-refractivity contribution in [1.29, 1.82) is 0 Å². The van der Waals surface area contributed by atoms with E-state index in [1.165, 1.54) is 0 Å². The second-order valence-corrected chi connectivity index (χ2v) is 3.33. The average Bonchev–Trinajstić information content (AvgIpc) is 2.25. The lowest BCUT2D eigenvalue weighted by molar-refractivity contribution is -0.138. The minimum atomic E-state index is -4.65. The van der Waals surface area contributed by atoms with Crippen molar-refractivity contribution in [2.45, 2.75) is 13.1 Å². The minimum absolute atomic E-state index is 0.344. The van der Waals surface area contributed by atoms with E-state index < -0.39 is 23.7 Å². The molecule has 0 fully saturated rings. The van der Waals surface area contributed by atoms with Gasteiger partial charge in [0.05, 0.1) is 18.2 Å². The molecule has 0 aliphatic heterocycles. The molecule has 0 spiro atoms. The molecule has 0 aliphatic rings. The van der Waals surface area contributed by atoms with Crippen molar-refractivity contribution in [3.63, 3.8) is 0 Å². The van der Waals surface area contributed by atoms with E-state index >= 15 is 0 Å². The molecule has 0 bridgehead atoms. The number of halogens is 3. The molecule has 1 rings (SSSR count). The zero-order chi connectivity index (χ0) is 13.9. The first-order valence-corrected chi connectivity index (χ1v) is 4.73. The molecule has 0 heterocycles. The van der Waals surface area contributed by atoms with Crippen LogP contribution in [-0.4, -0.2) is 19.0 Å². The van der Waals surface area contributed by atoms with Crippen molar-refractivity contribution in [3.8, 4) is 5.75 Å². The topological polar surface area (TPSA) is 52.6 Å². The van der Waals surface area contributed by atoms with Gasteiger partial charge in [-0.3, -0.25) is 4.79 Å². The summed E-state index contributed by atoms with van der Waals surface area (Å²) in [6.07, 6.45) is -4.65. The van der Waals surface area contributed by atoms with Gasteiger partial charge in [0.1, 0.15) is 5.75 Å². The molecule has 0 amide bonds. The Balaban J connectivity index is 3.28. The quantitative estimate of drug-likeness (QED) is 0.606. The van der Waals surface area contributed by atoms with Crippen LogP contribution in [0.15, 0.2) is 18.2 Å². The van der Waals surface area contributed by atoms with E-state index in [2.05, 4.69) is 9.47 Å². The van der Waals surface area contributed by atoms with Crippen LogP contribution in [0, 0.1) is 0 Å². The molecule has 4 nitrogen and oxygen atoms in total. The summed E-state index contributed by atoms with van der Waals surface area (Å²) in [5.74, 6) is -2.10. The number of ether oxygens (including phenoxy) is 2. The third-order valence-corrected chi connectivity index (χ3v) is 1.92. The molecule has 0 unspecified atom stereocenters. The summed E-state index contributed by atoms with van der Waals surface area (Å²) in [6, 6.07) is 2.26. The maximum Gasteiger partial charge on any atom is 0.416 e. The third kappa shape index (κ3) is 3.47. The Labute approximate surface area is 100 Å². The van der Waals surface area contributed by atoms with Crippen molar-refractivity contribution in [2.24, 2.45) is 0 Å². The molecule has 0 saturated heterocycles. The first-order valence-electron chi connectivity index (χ1n) is 4.73. The third-order valence-electron chi connectivity index (χ3n) is 1.92. The summed E-state index contributed by atoms with van der Waals surface area (Å²) in [7, 11) is 1.04. The van der Waals surface area contributed by atoms with Gasteiger partial charge in [0.2, 0.25) is 0 Å².